The molecular formula is C22H27N3O. The molecule has 2 fully saturated rings. The maximum absolute atomic E-state index is 12.1. The van der Waals surface area contributed by atoms with Gasteiger partial charge in [-0.25, -0.2) is 0 Å². The first-order valence-corrected chi connectivity index (χ1v) is 9.62. The predicted molar refractivity (Wildman–Crippen MR) is 106 cm³/mol. The van der Waals surface area contributed by atoms with Gasteiger partial charge in [0.15, 0.2) is 0 Å². The number of amides is 1. The molecule has 2 aliphatic rings. The van der Waals surface area contributed by atoms with Crippen molar-refractivity contribution < 1.29 is 4.79 Å². The molecule has 2 heterocycles. The third kappa shape index (κ3) is 3.61. The largest absolute Gasteiger partial charge is 0.371 e. The van der Waals surface area contributed by atoms with Crippen molar-refractivity contribution in [1.82, 2.24) is 10.2 Å². The van der Waals surface area contributed by atoms with Crippen molar-refractivity contribution in [2.24, 2.45) is 0 Å². The van der Waals surface area contributed by atoms with Crippen LogP contribution in [-0.2, 0) is 4.79 Å². The summed E-state index contributed by atoms with van der Waals surface area (Å²) in [5.74, 6) is 0.254. The zero-order valence-corrected chi connectivity index (χ0v) is 15.4. The molecular weight excluding hydrogens is 322 g/mol. The van der Waals surface area contributed by atoms with Crippen LogP contribution in [0.3, 0.4) is 0 Å². The molecule has 2 aromatic rings. The summed E-state index contributed by atoms with van der Waals surface area (Å²) >= 11 is 0. The van der Waals surface area contributed by atoms with Crippen LogP contribution in [0, 0.1) is 0 Å². The Morgan fingerprint density at radius 2 is 1.50 bits per heavy atom. The summed E-state index contributed by atoms with van der Waals surface area (Å²) in [4.78, 5) is 16.4. The van der Waals surface area contributed by atoms with Crippen LogP contribution < -0.4 is 10.2 Å². The number of nitrogens with zero attached hydrogens (tertiary/aromatic N) is 2. The first kappa shape index (κ1) is 17.1. The highest BCUT2D eigenvalue weighted by molar-refractivity contribution is 5.83. The molecule has 2 aromatic carbocycles. The summed E-state index contributed by atoms with van der Waals surface area (Å²) in [6.45, 7) is 2.96. The van der Waals surface area contributed by atoms with Crippen molar-refractivity contribution in [3.63, 3.8) is 0 Å². The Morgan fingerprint density at radius 1 is 0.846 bits per heavy atom. The molecule has 1 unspecified atom stereocenters. The summed E-state index contributed by atoms with van der Waals surface area (Å²) in [7, 11) is 1.89. The number of hydrogen-bond donors (Lipinski definition) is 1. The average Bonchev–Trinajstić information content (AvgIpc) is 3.02. The zero-order valence-electron chi connectivity index (χ0n) is 15.4. The lowest BCUT2D eigenvalue weighted by Gasteiger charge is -2.35. The van der Waals surface area contributed by atoms with Crippen molar-refractivity contribution in [1.29, 1.82) is 0 Å². The average molecular weight is 349 g/mol. The molecule has 0 spiro atoms. The molecule has 0 aliphatic carbocycles. The van der Waals surface area contributed by atoms with Gasteiger partial charge in [-0.15, -0.1) is 0 Å². The summed E-state index contributed by atoms with van der Waals surface area (Å²) in [5, 5.41) is 3.58. The van der Waals surface area contributed by atoms with E-state index in [2.05, 4.69) is 58.7 Å². The van der Waals surface area contributed by atoms with Crippen LogP contribution in [0.4, 0.5) is 5.69 Å². The van der Waals surface area contributed by atoms with Crippen LogP contribution in [0.2, 0.25) is 0 Å². The standard InChI is InChI=1S/C22H27N3O/c1-24-14-13-21(22(24)26)23-19-11-15-25(16-12-19)20-9-7-18(8-10-20)17-5-3-2-4-6-17/h2-10,19,21,23H,11-16H2,1H3. The molecule has 1 N–H and O–H groups in total. The Kier molecular flexibility index (Phi) is 4.93. The van der Waals surface area contributed by atoms with E-state index in [0.717, 1.165) is 38.9 Å². The topological polar surface area (TPSA) is 35.6 Å². The molecule has 1 atom stereocenters. The van der Waals surface area contributed by atoms with Crippen molar-refractivity contribution in [2.75, 3.05) is 31.6 Å². The van der Waals surface area contributed by atoms with E-state index >= 15 is 0 Å². The third-order valence-electron chi connectivity index (χ3n) is 5.70. The number of benzene rings is 2. The monoisotopic (exact) mass is 349 g/mol. The summed E-state index contributed by atoms with van der Waals surface area (Å²) in [6, 6.07) is 19.9. The van der Waals surface area contributed by atoms with Gasteiger partial charge in [-0.05, 0) is 42.5 Å². The Labute approximate surface area is 155 Å². The van der Waals surface area contributed by atoms with Crippen molar-refractivity contribution >= 4 is 11.6 Å². The van der Waals surface area contributed by atoms with Gasteiger partial charge in [0.2, 0.25) is 5.91 Å². The number of likely N-dealkylation sites (tertiary alicyclic amines) is 1. The molecule has 4 heteroatoms. The zero-order chi connectivity index (χ0) is 17.9. The van der Waals surface area contributed by atoms with Gasteiger partial charge < -0.3 is 15.1 Å². The van der Waals surface area contributed by atoms with Crippen molar-refractivity contribution in [3.05, 3.63) is 54.6 Å². The van der Waals surface area contributed by atoms with E-state index in [9.17, 15) is 4.79 Å². The van der Waals surface area contributed by atoms with Crippen molar-refractivity contribution in [3.8, 4) is 11.1 Å². The molecule has 4 nitrogen and oxygen atoms in total. The lowest BCUT2D eigenvalue weighted by Crippen LogP contribution is -2.48. The molecule has 136 valence electrons. The maximum atomic E-state index is 12.1. The lowest BCUT2D eigenvalue weighted by atomic mass is 10.0. The number of hydrogen-bond acceptors (Lipinski definition) is 3. The molecule has 2 saturated heterocycles. The van der Waals surface area contributed by atoms with Crippen molar-refractivity contribution in [2.45, 2.75) is 31.3 Å². The Balaban J connectivity index is 1.33. The van der Waals surface area contributed by atoms with E-state index < -0.39 is 0 Å². The third-order valence-corrected chi connectivity index (χ3v) is 5.70. The van der Waals surface area contributed by atoms with Gasteiger partial charge in [0.25, 0.3) is 0 Å². The second kappa shape index (κ2) is 7.50. The molecule has 0 bridgehead atoms. The molecule has 2 aliphatic heterocycles. The minimum atomic E-state index is 0.0294. The Bertz CT molecular complexity index is 736. The minimum Gasteiger partial charge on any atom is -0.371 e. The van der Waals surface area contributed by atoms with Crippen LogP contribution in [0.15, 0.2) is 54.6 Å². The van der Waals surface area contributed by atoms with Gasteiger partial charge in [-0.1, -0.05) is 42.5 Å². The Hall–Kier alpha value is -2.33. The molecule has 0 aromatic heterocycles. The molecule has 0 radical (unpaired) electrons. The fourth-order valence-corrected chi connectivity index (χ4v) is 4.06. The fourth-order valence-electron chi connectivity index (χ4n) is 4.06. The van der Waals surface area contributed by atoms with E-state index in [1.807, 2.05) is 18.0 Å². The molecule has 0 saturated carbocycles. The second-order valence-corrected chi connectivity index (χ2v) is 7.44. The molecule has 4 rings (SSSR count). The second-order valence-electron chi connectivity index (χ2n) is 7.44. The number of nitrogens with one attached hydrogen (secondary N) is 1. The highest BCUT2D eigenvalue weighted by atomic mass is 16.2. The lowest BCUT2D eigenvalue weighted by molar-refractivity contribution is -0.128. The molecule has 1 amide bonds. The number of carbonyl (C=O) groups excluding carboxylic acids is 1. The maximum Gasteiger partial charge on any atom is 0.239 e. The first-order valence-electron chi connectivity index (χ1n) is 9.62. The Morgan fingerprint density at radius 3 is 2.12 bits per heavy atom. The van der Waals surface area contributed by atoms with Crippen LogP contribution >= 0.6 is 0 Å². The quantitative estimate of drug-likeness (QED) is 0.921. The highest BCUT2D eigenvalue weighted by Crippen LogP contribution is 2.25. The predicted octanol–water partition coefficient (Wildman–Crippen LogP) is 3.14. The number of piperidine rings is 1. The van der Waals surface area contributed by atoms with Crippen LogP contribution in [0.25, 0.3) is 11.1 Å². The number of likely N-dealkylation sites (N-methyl/N-ethyl adjacent to an activating group) is 1. The number of rotatable bonds is 4. The van der Waals surface area contributed by atoms with Gasteiger partial charge in [0.1, 0.15) is 0 Å². The summed E-state index contributed by atoms with van der Waals surface area (Å²) in [5.41, 5.74) is 3.81. The molecule has 26 heavy (non-hydrogen) atoms. The SMILES string of the molecule is CN1CCC(NC2CCN(c3ccc(-c4ccccc4)cc3)CC2)C1=O. The van der Waals surface area contributed by atoms with E-state index in [-0.39, 0.29) is 11.9 Å². The van der Waals surface area contributed by atoms with E-state index in [0.29, 0.717) is 6.04 Å². The van der Waals surface area contributed by atoms with E-state index in [4.69, 9.17) is 0 Å². The van der Waals surface area contributed by atoms with E-state index in [1.165, 1.54) is 16.8 Å². The van der Waals surface area contributed by atoms with Gasteiger partial charge in [0.05, 0.1) is 6.04 Å². The minimum absolute atomic E-state index is 0.0294. The van der Waals surface area contributed by atoms with Crippen LogP contribution in [0.5, 0.6) is 0 Å². The van der Waals surface area contributed by atoms with Gasteiger partial charge in [-0.3, -0.25) is 4.79 Å². The van der Waals surface area contributed by atoms with Crippen LogP contribution in [-0.4, -0.2) is 49.6 Å². The normalized spacial score (nSPS) is 21.4. The van der Waals surface area contributed by atoms with Crippen LogP contribution in [0.1, 0.15) is 19.3 Å². The number of anilines is 1. The smallest absolute Gasteiger partial charge is 0.239 e. The van der Waals surface area contributed by atoms with E-state index in [1.54, 1.807) is 0 Å². The first-order chi connectivity index (χ1) is 12.7. The van der Waals surface area contributed by atoms with Gasteiger partial charge >= 0.3 is 0 Å². The summed E-state index contributed by atoms with van der Waals surface area (Å²) in [6.07, 6.45) is 3.12. The number of carbonyl (C=O) groups is 1. The van der Waals surface area contributed by atoms with Gasteiger partial charge in [-0.2, -0.15) is 0 Å². The fraction of sp³-hybridized carbons (Fsp3) is 0.409. The summed E-state index contributed by atoms with van der Waals surface area (Å²) < 4.78 is 0. The van der Waals surface area contributed by atoms with Gasteiger partial charge in [0, 0.05) is 38.4 Å². The highest BCUT2D eigenvalue weighted by Gasteiger charge is 2.31.